The van der Waals surface area contributed by atoms with E-state index in [0.29, 0.717) is 37.3 Å². The van der Waals surface area contributed by atoms with Crippen LogP contribution >= 0.6 is 39.1 Å². The lowest BCUT2D eigenvalue weighted by Gasteiger charge is -2.13. The van der Waals surface area contributed by atoms with Gasteiger partial charge in [0.15, 0.2) is 18.1 Å². The standard InChI is InChI=1S/C16H13BrCl2N2O4/c1-24-14-5-9(7-20-23)4-11(17)16(14)25-8-15(22)21-10-2-3-12(18)13(19)6-10/h2-7,23H,8H2,1H3,(H,21,22)/b20-7+. The van der Waals surface area contributed by atoms with Gasteiger partial charge in [0, 0.05) is 11.3 Å². The van der Waals surface area contributed by atoms with Gasteiger partial charge in [-0.1, -0.05) is 28.4 Å². The molecule has 132 valence electrons. The minimum absolute atomic E-state index is 0.247. The number of methoxy groups -OCH3 is 1. The van der Waals surface area contributed by atoms with Gasteiger partial charge in [-0.25, -0.2) is 0 Å². The van der Waals surface area contributed by atoms with Crippen LogP contribution in [0.2, 0.25) is 10.0 Å². The van der Waals surface area contributed by atoms with Crippen molar-refractivity contribution in [2.45, 2.75) is 0 Å². The van der Waals surface area contributed by atoms with Crippen molar-refractivity contribution in [3.63, 3.8) is 0 Å². The molecule has 0 fully saturated rings. The zero-order valence-corrected chi connectivity index (χ0v) is 16.0. The first-order chi connectivity index (χ1) is 11.9. The average Bonchev–Trinajstić information content (AvgIpc) is 2.57. The van der Waals surface area contributed by atoms with Crippen molar-refractivity contribution in [2.24, 2.45) is 5.16 Å². The van der Waals surface area contributed by atoms with Crippen LogP contribution in [0.15, 0.2) is 40.0 Å². The second-order valence-corrected chi connectivity index (χ2v) is 6.41. The van der Waals surface area contributed by atoms with E-state index in [2.05, 4.69) is 26.4 Å². The number of hydrogen-bond acceptors (Lipinski definition) is 5. The van der Waals surface area contributed by atoms with Crippen molar-refractivity contribution >= 4 is 56.9 Å². The highest BCUT2D eigenvalue weighted by Crippen LogP contribution is 2.36. The highest BCUT2D eigenvalue weighted by molar-refractivity contribution is 9.10. The van der Waals surface area contributed by atoms with Gasteiger partial charge >= 0.3 is 0 Å². The highest BCUT2D eigenvalue weighted by atomic mass is 79.9. The van der Waals surface area contributed by atoms with Gasteiger partial charge < -0.3 is 20.0 Å². The molecule has 2 N–H and O–H groups in total. The number of rotatable bonds is 6. The van der Waals surface area contributed by atoms with Crippen LogP contribution in [0.4, 0.5) is 5.69 Å². The molecule has 0 aromatic heterocycles. The Kier molecular flexibility index (Phi) is 6.92. The van der Waals surface area contributed by atoms with Gasteiger partial charge in [-0.3, -0.25) is 4.79 Å². The van der Waals surface area contributed by atoms with E-state index in [1.54, 1.807) is 30.3 Å². The van der Waals surface area contributed by atoms with Crippen LogP contribution in [0.25, 0.3) is 0 Å². The maximum absolute atomic E-state index is 12.0. The number of amides is 1. The number of nitrogens with one attached hydrogen (secondary N) is 1. The van der Waals surface area contributed by atoms with E-state index in [9.17, 15) is 4.79 Å². The normalized spacial score (nSPS) is 10.7. The van der Waals surface area contributed by atoms with Crippen LogP contribution in [0, 0.1) is 0 Å². The Morgan fingerprint density at radius 1 is 1.32 bits per heavy atom. The molecule has 0 atom stereocenters. The molecule has 25 heavy (non-hydrogen) atoms. The summed E-state index contributed by atoms with van der Waals surface area (Å²) in [7, 11) is 1.46. The van der Waals surface area contributed by atoms with Gasteiger partial charge in [0.1, 0.15) is 0 Å². The zero-order chi connectivity index (χ0) is 18.4. The Labute approximate surface area is 162 Å². The maximum Gasteiger partial charge on any atom is 0.262 e. The van der Waals surface area contributed by atoms with Gasteiger partial charge in [-0.05, 0) is 46.3 Å². The van der Waals surface area contributed by atoms with Crippen molar-refractivity contribution in [3.8, 4) is 11.5 Å². The first kappa shape index (κ1) is 19.4. The monoisotopic (exact) mass is 446 g/mol. The van der Waals surface area contributed by atoms with Gasteiger partial charge in [-0.15, -0.1) is 0 Å². The minimum Gasteiger partial charge on any atom is -0.493 e. The third-order valence-electron chi connectivity index (χ3n) is 3.01. The molecule has 0 aliphatic rings. The number of oxime groups is 1. The fourth-order valence-electron chi connectivity index (χ4n) is 1.93. The molecule has 0 aliphatic carbocycles. The average molecular weight is 448 g/mol. The summed E-state index contributed by atoms with van der Waals surface area (Å²) in [6.07, 6.45) is 1.24. The fraction of sp³-hybridized carbons (Fsp3) is 0.125. The minimum atomic E-state index is -0.381. The zero-order valence-electron chi connectivity index (χ0n) is 12.9. The number of anilines is 1. The quantitative estimate of drug-likeness (QED) is 0.385. The first-order valence-corrected chi connectivity index (χ1v) is 8.42. The van der Waals surface area contributed by atoms with Crippen molar-refractivity contribution < 1.29 is 19.5 Å². The number of carbonyl (C=O) groups is 1. The molecule has 0 radical (unpaired) electrons. The molecule has 0 aliphatic heterocycles. The predicted octanol–water partition coefficient (Wildman–Crippen LogP) is 4.59. The lowest BCUT2D eigenvalue weighted by Crippen LogP contribution is -2.20. The van der Waals surface area contributed by atoms with Crippen LogP contribution in [-0.4, -0.2) is 31.0 Å². The number of ether oxygens (including phenoxy) is 2. The summed E-state index contributed by atoms with van der Waals surface area (Å²) in [4.78, 5) is 12.0. The largest absolute Gasteiger partial charge is 0.493 e. The van der Waals surface area contributed by atoms with Crippen LogP contribution in [0.3, 0.4) is 0 Å². The van der Waals surface area contributed by atoms with Gasteiger partial charge in [0.2, 0.25) is 0 Å². The van der Waals surface area contributed by atoms with E-state index in [0.717, 1.165) is 0 Å². The van der Waals surface area contributed by atoms with Crippen molar-refractivity contribution in [1.29, 1.82) is 0 Å². The Morgan fingerprint density at radius 2 is 2.08 bits per heavy atom. The number of benzene rings is 2. The lowest BCUT2D eigenvalue weighted by atomic mass is 10.2. The van der Waals surface area contributed by atoms with E-state index in [1.807, 2.05) is 0 Å². The molecule has 0 saturated heterocycles. The molecule has 0 saturated carbocycles. The van der Waals surface area contributed by atoms with E-state index in [1.165, 1.54) is 13.3 Å². The van der Waals surface area contributed by atoms with Crippen LogP contribution < -0.4 is 14.8 Å². The third kappa shape index (κ3) is 5.26. The Hall–Kier alpha value is -1.96. The summed E-state index contributed by atoms with van der Waals surface area (Å²) in [5.74, 6) is 0.349. The molecule has 2 aromatic rings. The molecule has 2 rings (SSSR count). The van der Waals surface area contributed by atoms with Crippen molar-refractivity contribution in [3.05, 3.63) is 50.4 Å². The van der Waals surface area contributed by atoms with E-state index < -0.39 is 0 Å². The molecule has 0 unspecified atom stereocenters. The summed E-state index contributed by atoms with van der Waals surface area (Å²) < 4.78 is 11.3. The Balaban J connectivity index is 2.07. The molecule has 0 spiro atoms. The number of nitrogens with zero attached hydrogens (tertiary/aromatic N) is 1. The number of carbonyl (C=O) groups excluding carboxylic acids is 1. The predicted molar refractivity (Wildman–Crippen MR) is 101 cm³/mol. The number of halogens is 3. The van der Waals surface area contributed by atoms with Crippen molar-refractivity contribution in [2.75, 3.05) is 19.0 Å². The van der Waals surface area contributed by atoms with Crippen molar-refractivity contribution in [1.82, 2.24) is 0 Å². The van der Waals surface area contributed by atoms with Crippen LogP contribution in [-0.2, 0) is 4.79 Å². The van der Waals surface area contributed by atoms with E-state index >= 15 is 0 Å². The fourth-order valence-corrected chi connectivity index (χ4v) is 2.80. The van der Waals surface area contributed by atoms with Crippen LogP contribution in [0.5, 0.6) is 11.5 Å². The molecule has 0 bridgehead atoms. The third-order valence-corrected chi connectivity index (χ3v) is 4.34. The second-order valence-electron chi connectivity index (χ2n) is 4.74. The molecule has 1 amide bonds. The first-order valence-electron chi connectivity index (χ1n) is 6.87. The molecule has 9 heteroatoms. The Bertz CT molecular complexity index is 815. The topological polar surface area (TPSA) is 80.2 Å². The summed E-state index contributed by atoms with van der Waals surface area (Å²) >= 11 is 15.1. The molecule has 2 aromatic carbocycles. The molecule has 0 heterocycles. The Morgan fingerprint density at radius 3 is 2.72 bits per heavy atom. The number of hydrogen-bond donors (Lipinski definition) is 2. The SMILES string of the molecule is COc1cc(/C=N/O)cc(Br)c1OCC(=O)Nc1ccc(Cl)c(Cl)c1. The molecule has 6 nitrogen and oxygen atoms in total. The second kappa shape index (κ2) is 8.94. The van der Waals surface area contributed by atoms with Gasteiger partial charge in [0.05, 0.1) is 27.8 Å². The van der Waals surface area contributed by atoms with E-state index in [-0.39, 0.29) is 12.5 Å². The van der Waals surface area contributed by atoms with Gasteiger partial charge in [0.25, 0.3) is 5.91 Å². The highest BCUT2D eigenvalue weighted by Gasteiger charge is 2.13. The van der Waals surface area contributed by atoms with Gasteiger partial charge in [-0.2, -0.15) is 0 Å². The molecular weight excluding hydrogens is 435 g/mol. The summed E-state index contributed by atoms with van der Waals surface area (Å²) in [6, 6.07) is 8.03. The maximum atomic E-state index is 12.0. The van der Waals surface area contributed by atoms with E-state index in [4.69, 9.17) is 37.9 Å². The lowest BCUT2D eigenvalue weighted by molar-refractivity contribution is -0.118. The molecular formula is C16H13BrCl2N2O4. The smallest absolute Gasteiger partial charge is 0.262 e. The summed E-state index contributed by atoms with van der Waals surface area (Å²) in [5.41, 5.74) is 1.10. The summed E-state index contributed by atoms with van der Waals surface area (Å²) in [6.45, 7) is -0.247. The van der Waals surface area contributed by atoms with Crippen LogP contribution in [0.1, 0.15) is 5.56 Å². The summed E-state index contributed by atoms with van der Waals surface area (Å²) in [5, 5.41) is 15.0.